The maximum absolute atomic E-state index is 13.4. The maximum atomic E-state index is 13.4. The molecule has 1 aliphatic heterocycles. The van der Waals surface area contributed by atoms with Crippen molar-refractivity contribution in [1.29, 1.82) is 0 Å². The average Bonchev–Trinajstić information content (AvgIpc) is 3.01. The second kappa shape index (κ2) is 7.94. The first-order valence-electron chi connectivity index (χ1n) is 8.97. The Hall–Kier alpha value is -1.99. The van der Waals surface area contributed by atoms with Crippen LogP contribution in [-0.2, 0) is 14.8 Å². The third kappa shape index (κ3) is 3.84. The summed E-state index contributed by atoms with van der Waals surface area (Å²) < 4.78 is 34.1. The first-order chi connectivity index (χ1) is 12.9. The van der Waals surface area contributed by atoms with Crippen molar-refractivity contribution in [2.75, 3.05) is 0 Å². The van der Waals surface area contributed by atoms with Crippen molar-refractivity contribution >= 4 is 10.0 Å². The third-order valence-electron chi connectivity index (χ3n) is 4.78. The summed E-state index contributed by atoms with van der Waals surface area (Å²) in [5, 5.41) is 10.5. The quantitative estimate of drug-likeness (QED) is 0.799. The van der Waals surface area contributed by atoms with Gasteiger partial charge in [0.15, 0.2) is 6.23 Å². The molecule has 0 saturated carbocycles. The highest BCUT2D eigenvalue weighted by molar-refractivity contribution is 7.89. The molecule has 5 nitrogen and oxygen atoms in total. The molecule has 27 heavy (non-hydrogen) atoms. The molecule has 0 aromatic heterocycles. The molecule has 0 amide bonds. The van der Waals surface area contributed by atoms with E-state index in [1.54, 1.807) is 43.3 Å². The van der Waals surface area contributed by atoms with Crippen LogP contribution in [0.25, 0.3) is 0 Å². The van der Waals surface area contributed by atoms with Gasteiger partial charge in [0, 0.05) is 0 Å². The Morgan fingerprint density at radius 1 is 1.11 bits per heavy atom. The van der Waals surface area contributed by atoms with Gasteiger partial charge >= 0.3 is 0 Å². The maximum Gasteiger partial charge on any atom is 0.245 e. The lowest BCUT2D eigenvalue weighted by atomic mass is 10.0. The van der Waals surface area contributed by atoms with Gasteiger partial charge in [0.2, 0.25) is 10.0 Å². The van der Waals surface area contributed by atoms with Gasteiger partial charge in [-0.05, 0) is 38.5 Å². The largest absolute Gasteiger partial charge is 0.385 e. The normalized spacial score (nSPS) is 25.1. The molecular formula is C21H25NO4S. The lowest BCUT2D eigenvalue weighted by Gasteiger charge is -2.27. The van der Waals surface area contributed by atoms with Gasteiger partial charge in [-0.2, -0.15) is 4.31 Å². The van der Waals surface area contributed by atoms with Gasteiger partial charge in [-0.15, -0.1) is 0 Å². The van der Waals surface area contributed by atoms with E-state index in [2.05, 4.69) is 0 Å². The zero-order chi connectivity index (χ0) is 19.6. The molecule has 3 rings (SSSR count). The highest BCUT2D eigenvalue weighted by Gasteiger charge is 2.49. The van der Waals surface area contributed by atoms with Crippen LogP contribution >= 0.6 is 0 Å². The number of nitrogens with zero attached hydrogens (tertiary/aromatic N) is 1. The topological polar surface area (TPSA) is 66.8 Å². The van der Waals surface area contributed by atoms with E-state index < -0.39 is 34.5 Å². The first kappa shape index (κ1) is 19.8. The molecule has 0 aliphatic carbocycles. The smallest absolute Gasteiger partial charge is 0.245 e. The molecule has 2 aromatic rings. The molecule has 1 fully saturated rings. The minimum absolute atomic E-state index is 0.190. The molecule has 1 saturated heterocycles. The second-order valence-corrected chi connectivity index (χ2v) is 8.61. The van der Waals surface area contributed by atoms with Crippen LogP contribution in [-0.4, -0.2) is 36.2 Å². The van der Waals surface area contributed by atoms with E-state index in [9.17, 15) is 13.5 Å². The summed E-state index contributed by atoms with van der Waals surface area (Å²) in [6.07, 6.45) is 0.712. The Balaban J connectivity index is 2.04. The molecule has 1 heterocycles. The van der Waals surface area contributed by atoms with Crippen LogP contribution in [0.15, 0.2) is 71.6 Å². The zero-order valence-corrected chi connectivity index (χ0v) is 16.5. The Bertz CT molecular complexity index is 894. The van der Waals surface area contributed by atoms with Crippen LogP contribution in [0.3, 0.4) is 0 Å². The number of allylic oxidation sites excluding steroid dienone is 1. The van der Waals surface area contributed by atoms with Gasteiger partial charge in [0.05, 0.1) is 10.9 Å². The second-order valence-electron chi connectivity index (χ2n) is 6.76. The molecule has 144 valence electrons. The van der Waals surface area contributed by atoms with Crippen LogP contribution in [0.1, 0.15) is 31.1 Å². The summed E-state index contributed by atoms with van der Waals surface area (Å²) in [4.78, 5) is 0.190. The predicted molar refractivity (Wildman–Crippen MR) is 105 cm³/mol. The number of aliphatic hydroxyl groups is 1. The molecule has 0 unspecified atom stereocenters. The molecule has 1 aliphatic rings. The Labute approximate surface area is 161 Å². The van der Waals surface area contributed by atoms with Crippen LogP contribution in [0.5, 0.6) is 0 Å². The average molecular weight is 388 g/mol. The molecular weight excluding hydrogens is 362 g/mol. The van der Waals surface area contributed by atoms with Crippen molar-refractivity contribution in [2.45, 2.75) is 50.1 Å². The lowest BCUT2D eigenvalue weighted by Crippen LogP contribution is -2.45. The molecule has 0 spiro atoms. The number of aliphatic hydroxyl groups excluding tert-OH is 1. The van der Waals surface area contributed by atoms with Gasteiger partial charge in [0.25, 0.3) is 0 Å². The number of benzene rings is 2. The van der Waals surface area contributed by atoms with E-state index in [0.717, 1.165) is 11.1 Å². The fraction of sp³-hybridized carbons (Fsp3) is 0.333. The number of ether oxygens (including phenoxy) is 1. The molecule has 0 bridgehead atoms. The summed E-state index contributed by atoms with van der Waals surface area (Å²) in [7, 11) is -3.84. The summed E-state index contributed by atoms with van der Waals surface area (Å²) >= 11 is 0. The van der Waals surface area contributed by atoms with Gasteiger partial charge in [-0.25, -0.2) is 8.42 Å². The van der Waals surface area contributed by atoms with Crippen molar-refractivity contribution in [1.82, 2.24) is 4.31 Å². The van der Waals surface area contributed by atoms with E-state index in [-0.39, 0.29) is 4.90 Å². The van der Waals surface area contributed by atoms with Gasteiger partial charge in [-0.1, -0.05) is 60.2 Å². The number of hydrogen-bond donors (Lipinski definition) is 1. The molecule has 1 N–H and O–H groups in total. The van der Waals surface area contributed by atoms with Crippen molar-refractivity contribution in [3.8, 4) is 0 Å². The monoisotopic (exact) mass is 387 g/mol. The van der Waals surface area contributed by atoms with Gasteiger partial charge < -0.3 is 9.84 Å². The fourth-order valence-corrected chi connectivity index (χ4v) is 5.12. The van der Waals surface area contributed by atoms with Crippen LogP contribution in [0.2, 0.25) is 0 Å². The minimum Gasteiger partial charge on any atom is -0.385 e. The van der Waals surface area contributed by atoms with Crippen LogP contribution in [0, 0.1) is 6.92 Å². The summed E-state index contributed by atoms with van der Waals surface area (Å²) in [5.74, 6) is 0. The Morgan fingerprint density at radius 3 is 2.33 bits per heavy atom. The molecule has 2 aromatic carbocycles. The SMILES string of the molecule is C/C=C/[C@@H](O)[C@H]1O[C@H](c2ccccc2)[C@H](C)N1S(=O)(=O)c1ccc(C)cc1. The molecule has 6 heteroatoms. The zero-order valence-electron chi connectivity index (χ0n) is 15.7. The van der Waals surface area contributed by atoms with Crippen molar-refractivity contribution in [3.05, 3.63) is 77.9 Å². The van der Waals surface area contributed by atoms with E-state index >= 15 is 0 Å². The van der Waals surface area contributed by atoms with Crippen molar-refractivity contribution in [2.24, 2.45) is 0 Å². The van der Waals surface area contributed by atoms with E-state index in [1.165, 1.54) is 4.31 Å². The number of sulfonamides is 1. The summed E-state index contributed by atoms with van der Waals surface area (Å²) in [5.41, 5.74) is 1.86. The Morgan fingerprint density at radius 2 is 1.74 bits per heavy atom. The first-order valence-corrected chi connectivity index (χ1v) is 10.4. The third-order valence-corrected chi connectivity index (χ3v) is 6.75. The lowest BCUT2D eigenvalue weighted by molar-refractivity contribution is -0.0435. The van der Waals surface area contributed by atoms with E-state index in [4.69, 9.17) is 4.74 Å². The van der Waals surface area contributed by atoms with E-state index in [1.807, 2.05) is 44.2 Å². The number of hydrogen-bond acceptors (Lipinski definition) is 4. The van der Waals surface area contributed by atoms with Crippen LogP contribution in [0.4, 0.5) is 0 Å². The minimum atomic E-state index is -3.84. The Kier molecular flexibility index (Phi) is 5.81. The molecule has 4 atom stereocenters. The van der Waals surface area contributed by atoms with Crippen molar-refractivity contribution < 1.29 is 18.3 Å². The highest BCUT2D eigenvalue weighted by atomic mass is 32.2. The standard InChI is InChI=1S/C21H25NO4S/c1-4-8-19(23)21-22(27(24,25)18-13-11-15(2)12-14-18)16(3)20(26-21)17-9-6-5-7-10-17/h4-14,16,19-21,23H,1-3H3/b8-4+/t16-,19+,20-,21+/m0/s1. The van der Waals surface area contributed by atoms with Gasteiger partial charge in [-0.3, -0.25) is 0 Å². The number of rotatable bonds is 5. The van der Waals surface area contributed by atoms with Crippen LogP contribution < -0.4 is 0 Å². The molecule has 0 radical (unpaired) electrons. The highest BCUT2D eigenvalue weighted by Crippen LogP contribution is 2.39. The van der Waals surface area contributed by atoms with Crippen molar-refractivity contribution in [3.63, 3.8) is 0 Å². The fourth-order valence-electron chi connectivity index (χ4n) is 3.40. The van der Waals surface area contributed by atoms with Gasteiger partial charge in [0.1, 0.15) is 12.2 Å². The number of aryl methyl sites for hydroxylation is 1. The predicted octanol–water partition coefficient (Wildman–Crippen LogP) is 3.41. The van der Waals surface area contributed by atoms with E-state index in [0.29, 0.717) is 0 Å². The summed E-state index contributed by atoms with van der Waals surface area (Å²) in [6.45, 7) is 5.49. The summed E-state index contributed by atoms with van der Waals surface area (Å²) in [6, 6.07) is 15.7.